The molecule has 1 atom stereocenters. The Labute approximate surface area is 80.8 Å². The maximum absolute atomic E-state index is 11.5. The molecule has 2 rings (SSSR count). The molecule has 0 fully saturated rings. The average molecular weight is 194 g/mol. The Morgan fingerprint density at radius 1 is 1.57 bits per heavy atom. The lowest BCUT2D eigenvalue weighted by atomic mass is 9.87. The topological polar surface area (TPSA) is 56.5 Å². The highest BCUT2D eigenvalue weighted by molar-refractivity contribution is 5.98. The van der Waals surface area contributed by atoms with E-state index in [9.17, 15) is 9.59 Å². The molecule has 0 radical (unpaired) electrons. The first-order valence-corrected chi connectivity index (χ1v) is 4.39. The number of ketones is 1. The number of esters is 1. The van der Waals surface area contributed by atoms with Gasteiger partial charge in [-0.3, -0.25) is 9.59 Å². The van der Waals surface area contributed by atoms with Crippen molar-refractivity contribution in [2.75, 3.05) is 7.11 Å². The summed E-state index contributed by atoms with van der Waals surface area (Å²) in [7, 11) is 1.33. The van der Waals surface area contributed by atoms with E-state index in [1.807, 2.05) is 0 Å². The zero-order chi connectivity index (χ0) is 10.1. The highest BCUT2D eigenvalue weighted by Crippen LogP contribution is 2.26. The van der Waals surface area contributed by atoms with Crippen molar-refractivity contribution in [3.63, 3.8) is 0 Å². The third kappa shape index (κ3) is 1.32. The van der Waals surface area contributed by atoms with Gasteiger partial charge in [-0.05, 0) is 12.5 Å². The monoisotopic (exact) mass is 194 g/mol. The zero-order valence-electron chi connectivity index (χ0n) is 7.78. The molecule has 74 valence electrons. The lowest BCUT2D eigenvalue weighted by molar-refractivity contribution is -0.145. The lowest BCUT2D eigenvalue weighted by Gasteiger charge is -2.17. The van der Waals surface area contributed by atoms with Crippen molar-refractivity contribution in [1.82, 2.24) is 0 Å². The van der Waals surface area contributed by atoms with E-state index in [0.717, 1.165) is 5.56 Å². The summed E-state index contributed by atoms with van der Waals surface area (Å²) in [6.07, 6.45) is 2.19. The Kier molecular flexibility index (Phi) is 2.11. The van der Waals surface area contributed by atoms with Gasteiger partial charge in [0.15, 0.2) is 11.5 Å². The van der Waals surface area contributed by atoms with E-state index in [1.165, 1.54) is 13.4 Å². The average Bonchev–Trinajstić information content (AvgIpc) is 2.64. The molecule has 0 saturated carbocycles. The van der Waals surface area contributed by atoms with Crippen LogP contribution in [-0.4, -0.2) is 18.9 Å². The van der Waals surface area contributed by atoms with Crippen LogP contribution < -0.4 is 0 Å². The molecule has 0 saturated heterocycles. The molecule has 1 aromatic heterocycles. The predicted molar refractivity (Wildman–Crippen MR) is 46.9 cm³/mol. The van der Waals surface area contributed by atoms with Crippen molar-refractivity contribution in [2.45, 2.75) is 12.8 Å². The molecule has 1 aromatic rings. The summed E-state index contributed by atoms with van der Waals surface area (Å²) in [4.78, 5) is 22.7. The number of rotatable bonds is 1. The summed E-state index contributed by atoms with van der Waals surface area (Å²) in [6.45, 7) is 0. The Balaban J connectivity index is 2.25. The van der Waals surface area contributed by atoms with E-state index in [-0.39, 0.29) is 24.1 Å². The van der Waals surface area contributed by atoms with Gasteiger partial charge in [0.2, 0.25) is 0 Å². The van der Waals surface area contributed by atoms with Crippen molar-refractivity contribution in [2.24, 2.45) is 5.92 Å². The number of hydrogen-bond donors (Lipinski definition) is 0. The second kappa shape index (κ2) is 3.29. The SMILES string of the molecule is COC(=O)C1CC(=O)c2occc2C1. The highest BCUT2D eigenvalue weighted by atomic mass is 16.5. The van der Waals surface area contributed by atoms with Gasteiger partial charge in [0, 0.05) is 12.0 Å². The van der Waals surface area contributed by atoms with Gasteiger partial charge in [-0.2, -0.15) is 0 Å². The predicted octanol–water partition coefficient (Wildman–Crippen LogP) is 1.20. The fourth-order valence-corrected chi connectivity index (χ4v) is 1.73. The van der Waals surface area contributed by atoms with Gasteiger partial charge in [0.1, 0.15) is 0 Å². The Bertz CT molecular complexity index is 377. The normalized spacial score (nSPS) is 20.4. The van der Waals surface area contributed by atoms with Gasteiger partial charge in [-0.25, -0.2) is 0 Å². The van der Waals surface area contributed by atoms with Gasteiger partial charge < -0.3 is 9.15 Å². The van der Waals surface area contributed by atoms with Gasteiger partial charge in [0.25, 0.3) is 0 Å². The molecule has 1 unspecified atom stereocenters. The van der Waals surface area contributed by atoms with E-state index in [2.05, 4.69) is 4.74 Å². The molecule has 0 amide bonds. The zero-order valence-corrected chi connectivity index (χ0v) is 7.78. The largest absolute Gasteiger partial charge is 0.469 e. The molecule has 0 aliphatic heterocycles. The molecule has 14 heavy (non-hydrogen) atoms. The lowest BCUT2D eigenvalue weighted by Crippen LogP contribution is -2.26. The van der Waals surface area contributed by atoms with E-state index in [4.69, 9.17) is 4.42 Å². The van der Waals surface area contributed by atoms with Crippen molar-refractivity contribution in [3.05, 3.63) is 23.7 Å². The molecule has 1 heterocycles. The van der Waals surface area contributed by atoms with Crippen LogP contribution in [0, 0.1) is 5.92 Å². The highest BCUT2D eigenvalue weighted by Gasteiger charge is 2.32. The van der Waals surface area contributed by atoms with Crippen LogP contribution in [0.2, 0.25) is 0 Å². The van der Waals surface area contributed by atoms with Crippen LogP contribution in [0.5, 0.6) is 0 Å². The first-order valence-electron chi connectivity index (χ1n) is 4.39. The maximum Gasteiger partial charge on any atom is 0.309 e. The van der Waals surface area contributed by atoms with Crippen molar-refractivity contribution in [3.8, 4) is 0 Å². The van der Waals surface area contributed by atoms with Gasteiger partial charge >= 0.3 is 5.97 Å². The molecule has 4 nitrogen and oxygen atoms in total. The van der Waals surface area contributed by atoms with Crippen LogP contribution >= 0.6 is 0 Å². The molecule has 1 aliphatic rings. The second-order valence-electron chi connectivity index (χ2n) is 3.33. The number of Topliss-reactive ketones (excluding diaryl/α,β-unsaturated/α-hetero) is 1. The fraction of sp³-hybridized carbons (Fsp3) is 0.400. The smallest absolute Gasteiger partial charge is 0.309 e. The molecule has 0 N–H and O–H groups in total. The van der Waals surface area contributed by atoms with Crippen LogP contribution in [0.1, 0.15) is 22.5 Å². The second-order valence-corrected chi connectivity index (χ2v) is 3.33. The number of methoxy groups -OCH3 is 1. The summed E-state index contributed by atoms with van der Waals surface area (Å²) in [5.41, 5.74) is 0.802. The van der Waals surface area contributed by atoms with E-state index in [1.54, 1.807) is 6.07 Å². The summed E-state index contributed by atoms with van der Waals surface area (Å²) in [5.74, 6) is -0.403. The molecule has 0 bridgehead atoms. The number of carbonyl (C=O) groups excluding carboxylic acids is 2. The van der Waals surface area contributed by atoms with Crippen LogP contribution in [0.4, 0.5) is 0 Å². The quantitative estimate of drug-likeness (QED) is 0.630. The van der Waals surface area contributed by atoms with E-state index >= 15 is 0 Å². The molecule has 0 spiro atoms. The number of hydrogen-bond acceptors (Lipinski definition) is 4. The van der Waals surface area contributed by atoms with Crippen LogP contribution in [0.15, 0.2) is 16.7 Å². The number of furan rings is 1. The van der Waals surface area contributed by atoms with Gasteiger partial charge in [-0.15, -0.1) is 0 Å². The first kappa shape index (κ1) is 8.99. The Morgan fingerprint density at radius 3 is 3.07 bits per heavy atom. The minimum absolute atomic E-state index is 0.119. The molecular weight excluding hydrogens is 184 g/mol. The van der Waals surface area contributed by atoms with Gasteiger partial charge in [0.05, 0.1) is 19.3 Å². The molecule has 0 aromatic carbocycles. The number of fused-ring (bicyclic) bond motifs is 1. The third-order valence-corrected chi connectivity index (χ3v) is 2.43. The minimum Gasteiger partial charge on any atom is -0.469 e. The third-order valence-electron chi connectivity index (χ3n) is 2.43. The Hall–Kier alpha value is -1.58. The van der Waals surface area contributed by atoms with E-state index in [0.29, 0.717) is 12.2 Å². The van der Waals surface area contributed by atoms with Crippen LogP contribution in [0.3, 0.4) is 0 Å². The minimum atomic E-state index is -0.349. The van der Waals surface area contributed by atoms with Crippen LogP contribution in [0.25, 0.3) is 0 Å². The number of ether oxygens (including phenoxy) is 1. The summed E-state index contributed by atoms with van der Waals surface area (Å²) in [6, 6.07) is 1.72. The standard InChI is InChI=1S/C10H10O4/c1-13-10(12)7-4-6-2-3-14-9(6)8(11)5-7/h2-3,7H,4-5H2,1H3. The Morgan fingerprint density at radius 2 is 2.36 bits per heavy atom. The first-order chi connectivity index (χ1) is 6.72. The molecule has 4 heteroatoms. The van der Waals surface area contributed by atoms with Crippen molar-refractivity contribution < 1.29 is 18.7 Å². The fourth-order valence-electron chi connectivity index (χ4n) is 1.73. The molecule has 1 aliphatic carbocycles. The molecular formula is C10H10O4. The van der Waals surface area contributed by atoms with Gasteiger partial charge in [-0.1, -0.05) is 0 Å². The van der Waals surface area contributed by atoms with Crippen LogP contribution in [-0.2, 0) is 16.0 Å². The number of carbonyl (C=O) groups is 2. The summed E-state index contributed by atoms with van der Waals surface area (Å²) >= 11 is 0. The summed E-state index contributed by atoms with van der Waals surface area (Å²) < 4.78 is 9.64. The summed E-state index contributed by atoms with van der Waals surface area (Å²) in [5, 5.41) is 0. The maximum atomic E-state index is 11.5. The van der Waals surface area contributed by atoms with Crippen molar-refractivity contribution >= 4 is 11.8 Å². The van der Waals surface area contributed by atoms with Crippen molar-refractivity contribution in [1.29, 1.82) is 0 Å². The van der Waals surface area contributed by atoms with E-state index < -0.39 is 0 Å².